The maximum absolute atomic E-state index is 15.0. The number of aromatic nitrogens is 9. The third-order valence-corrected chi connectivity index (χ3v) is 12.4. The number of hydrogen-bond donors (Lipinski definition) is 1. The van der Waals surface area contributed by atoms with Crippen molar-refractivity contribution in [3.63, 3.8) is 0 Å². The number of methoxy groups -OCH3 is 1. The summed E-state index contributed by atoms with van der Waals surface area (Å²) in [7, 11) is 1.65. The Hall–Kier alpha value is -6.33. The van der Waals surface area contributed by atoms with E-state index < -0.39 is 11.3 Å². The molecule has 0 radical (unpaired) electrons. The fraction of sp³-hybridized carbons (Fsp3) is 0.286. The van der Waals surface area contributed by atoms with E-state index in [1.807, 2.05) is 51.7 Å². The summed E-state index contributed by atoms with van der Waals surface area (Å²) in [5.74, 6) is -0.350. The van der Waals surface area contributed by atoms with Crippen LogP contribution in [0.25, 0.3) is 39.0 Å². The van der Waals surface area contributed by atoms with Gasteiger partial charge in [-0.25, -0.2) is 18.7 Å². The van der Waals surface area contributed by atoms with E-state index in [9.17, 15) is 18.8 Å². The maximum Gasteiger partial charge on any atom is 0.438 e. The summed E-state index contributed by atoms with van der Waals surface area (Å²) in [6, 6.07) is 16.9. The number of halogens is 2. The number of hydrogen-bond acceptors (Lipinski definition) is 8. The standard InChI is InChI=1S/C42H38BrFN10O5/c1-23-15-30(16-24(2)36(23)44)54-37(51-12-11-50(41(51)57)29-6-8-33-27(18-29)21-45-52(33)13-14-58-4)31-22-49(10-9-32(31)47-54)38(55)35-19-26-17-28(43)5-7-34(26)53(35)42(20-25(42)3)39-46-40(56)59-48-39/h5-8,11-12,15-19,21,25H,9-10,13-14,20,22H2,1-4H3,(H,46,48,56)/t25-,42-/m0/s1. The van der Waals surface area contributed by atoms with E-state index in [2.05, 4.69) is 38.1 Å². The van der Waals surface area contributed by atoms with Gasteiger partial charge in [0.2, 0.25) is 0 Å². The molecule has 0 unspecified atom stereocenters. The second kappa shape index (κ2) is 13.6. The third-order valence-electron chi connectivity index (χ3n) is 11.9. The molecule has 3 aromatic carbocycles. The number of fused-ring (bicyclic) bond motifs is 3. The van der Waals surface area contributed by atoms with E-state index >= 15 is 0 Å². The van der Waals surface area contributed by atoms with Gasteiger partial charge in [-0.15, -0.1) is 0 Å². The first-order chi connectivity index (χ1) is 28.5. The molecule has 6 heterocycles. The van der Waals surface area contributed by atoms with Crippen LogP contribution >= 0.6 is 15.9 Å². The van der Waals surface area contributed by atoms with Crippen molar-refractivity contribution in [2.45, 2.75) is 52.2 Å². The summed E-state index contributed by atoms with van der Waals surface area (Å²) in [6.45, 7) is 7.05. The molecule has 1 N–H and O–H groups in total. The summed E-state index contributed by atoms with van der Waals surface area (Å²) in [5, 5.41) is 15.3. The van der Waals surface area contributed by atoms with E-state index in [0.717, 1.165) is 32.0 Å². The zero-order valence-corrected chi connectivity index (χ0v) is 34.2. The molecule has 1 aliphatic heterocycles. The minimum absolute atomic E-state index is 0.0397. The number of carbonyl (C=O) groups is 1. The van der Waals surface area contributed by atoms with Crippen molar-refractivity contribution in [1.29, 1.82) is 0 Å². The Labute approximate surface area is 343 Å². The van der Waals surface area contributed by atoms with Crippen LogP contribution in [0.15, 0.2) is 91.8 Å². The molecule has 17 heteroatoms. The first-order valence-corrected chi connectivity index (χ1v) is 20.1. The first kappa shape index (κ1) is 37.0. The van der Waals surface area contributed by atoms with Gasteiger partial charge in [0.25, 0.3) is 5.91 Å². The number of rotatable bonds is 9. The van der Waals surface area contributed by atoms with E-state index in [1.54, 1.807) is 65.8 Å². The molecule has 2 aliphatic rings. The predicted octanol–water partition coefficient (Wildman–Crippen LogP) is 5.94. The van der Waals surface area contributed by atoms with Gasteiger partial charge in [0, 0.05) is 58.8 Å². The summed E-state index contributed by atoms with van der Waals surface area (Å²) in [4.78, 5) is 46.3. The highest BCUT2D eigenvalue weighted by Crippen LogP contribution is 2.56. The lowest BCUT2D eigenvalue weighted by Gasteiger charge is -2.29. The lowest BCUT2D eigenvalue weighted by molar-refractivity contribution is 0.0721. The Kier molecular flexibility index (Phi) is 8.54. The average Bonchev–Trinajstić information content (AvgIpc) is 3.85. The number of imidazole rings is 1. The number of ether oxygens (including phenoxy) is 1. The van der Waals surface area contributed by atoms with E-state index in [0.29, 0.717) is 77.9 Å². The largest absolute Gasteiger partial charge is 0.438 e. The number of nitrogens with one attached hydrogen (secondary N) is 1. The van der Waals surface area contributed by atoms with Crippen LogP contribution in [0.4, 0.5) is 4.39 Å². The molecule has 5 aromatic heterocycles. The second-order valence-electron chi connectivity index (χ2n) is 15.5. The molecule has 15 nitrogen and oxygen atoms in total. The molecule has 1 saturated carbocycles. The van der Waals surface area contributed by atoms with Crippen LogP contribution in [0, 0.1) is 25.6 Å². The highest BCUT2D eigenvalue weighted by atomic mass is 79.9. The number of benzene rings is 3. The van der Waals surface area contributed by atoms with Crippen LogP contribution in [0.1, 0.15) is 52.0 Å². The Morgan fingerprint density at radius 2 is 1.78 bits per heavy atom. The van der Waals surface area contributed by atoms with Crippen molar-refractivity contribution in [2.75, 3.05) is 20.3 Å². The Morgan fingerprint density at radius 1 is 1.02 bits per heavy atom. The second-order valence-corrected chi connectivity index (χ2v) is 16.4. The number of amides is 1. The van der Waals surface area contributed by atoms with Gasteiger partial charge >= 0.3 is 11.4 Å². The predicted molar refractivity (Wildman–Crippen MR) is 219 cm³/mol. The van der Waals surface area contributed by atoms with Crippen LogP contribution < -0.4 is 11.4 Å². The van der Waals surface area contributed by atoms with E-state index in [-0.39, 0.29) is 29.9 Å². The number of nitrogens with zero attached hydrogens (tertiary/aromatic N) is 9. The molecule has 0 bridgehead atoms. The zero-order chi connectivity index (χ0) is 40.9. The van der Waals surface area contributed by atoms with Gasteiger partial charge in [-0.3, -0.25) is 28.1 Å². The van der Waals surface area contributed by atoms with Gasteiger partial charge < -0.3 is 14.2 Å². The maximum atomic E-state index is 15.0. The molecular weight excluding hydrogens is 823 g/mol. The average molecular weight is 862 g/mol. The molecule has 0 saturated heterocycles. The third kappa shape index (κ3) is 5.77. The van der Waals surface area contributed by atoms with Gasteiger partial charge in [-0.2, -0.15) is 10.2 Å². The topological polar surface area (TPSA) is 156 Å². The van der Waals surface area contributed by atoms with Gasteiger partial charge in [-0.1, -0.05) is 28.0 Å². The van der Waals surface area contributed by atoms with Crippen LogP contribution in [-0.2, 0) is 29.8 Å². The van der Waals surface area contributed by atoms with E-state index in [1.165, 1.54) is 4.57 Å². The zero-order valence-electron chi connectivity index (χ0n) is 32.6. The van der Waals surface area contributed by atoms with Crippen molar-refractivity contribution < 1.29 is 18.4 Å². The fourth-order valence-electron chi connectivity index (χ4n) is 8.83. The van der Waals surface area contributed by atoms with Crippen LogP contribution in [0.5, 0.6) is 0 Å². The minimum Gasteiger partial charge on any atom is -0.383 e. The summed E-state index contributed by atoms with van der Waals surface area (Å²) in [6.07, 6.45) is 6.21. The van der Waals surface area contributed by atoms with Gasteiger partial charge in [0.15, 0.2) is 5.82 Å². The molecule has 1 fully saturated rings. The quantitative estimate of drug-likeness (QED) is 0.187. The molecule has 59 heavy (non-hydrogen) atoms. The van der Waals surface area contributed by atoms with Crippen LogP contribution in [0.2, 0.25) is 0 Å². The Balaban J connectivity index is 1.09. The molecule has 300 valence electrons. The van der Waals surface area contributed by atoms with Crippen molar-refractivity contribution in [3.05, 3.63) is 138 Å². The number of H-pyrrole nitrogens is 1. The minimum atomic E-state index is -0.802. The van der Waals surface area contributed by atoms with Crippen molar-refractivity contribution in [3.8, 4) is 17.2 Å². The SMILES string of the molecule is COCCn1ncc2cc(-n3ccn(-c4c5c(nn4-c4cc(C)c(F)c(C)c4)CCN(C(=O)c4cc6cc(Br)ccc6n4[C@@]4(c6noc(=O)[nH]6)C[C@@H]4C)C5)c3=O)ccc21. The highest BCUT2D eigenvalue weighted by molar-refractivity contribution is 9.10. The number of carbonyl (C=O) groups excluding carboxylic acids is 1. The lowest BCUT2D eigenvalue weighted by Crippen LogP contribution is -2.39. The molecule has 0 spiro atoms. The monoisotopic (exact) mass is 860 g/mol. The molecule has 10 rings (SSSR count). The molecule has 2 atom stereocenters. The van der Waals surface area contributed by atoms with Crippen molar-refractivity contribution >= 4 is 43.6 Å². The lowest BCUT2D eigenvalue weighted by atomic mass is 10.1. The number of aromatic amines is 1. The van der Waals surface area contributed by atoms with Gasteiger partial charge in [0.1, 0.15) is 22.9 Å². The van der Waals surface area contributed by atoms with Crippen LogP contribution in [0.3, 0.4) is 0 Å². The number of aryl methyl sites for hydroxylation is 2. The smallest absolute Gasteiger partial charge is 0.383 e. The molecule has 1 amide bonds. The Bertz CT molecular complexity index is 3110. The van der Waals surface area contributed by atoms with Crippen LogP contribution in [-0.4, -0.2) is 74.5 Å². The van der Waals surface area contributed by atoms with E-state index in [4.69, 9.17) is 14.4 Å². The normalized spacial score (nSPS) is 17.7. The molecule has 8 aromatic rings. The summed E-state index contributed by atoms with van der Waals surface area (Å²) >= 11 is 3.58. The summed E-state index contributed by atoms with van der Waals surface area (Å²) in [5.41, 5.74) is 4.54. The molecular formula is C42H38BrFN10O5. The summed E-state index contributed by atoms with van der Waals surface area (Å²) < 4.78 is 34.7. The van der Waals surface area contributed by atoms with Gasteiger partial charge in [-0.05, 0) is 91.9 Å². The highest BCUT2D eigenvalue weighted by Gasteiger charge is 2.59. The van der Waals surface area contributed by atoms with Crippen molar-refractivity contribution in [2.24, 2.45) is 5.92 Å². The fourth-order valence-corrected chi connectivity index (χ4v) is 9.21. The van der Waals surface area contributed by atoms with Crippen molar-refractivity contribution in [1.82, 2.24) is 48.3 Å². The molecule has 1 aliphatic carbocycles. The first-order valence-electron chi connectivity index (χ1n) is 19.3. The van der Waals surface area contributed by atoms with Gasteiger partial charge in [0.05, 0.1) is 48.5 Å². The Morgan fingerprint density at radius 3 is 2.51 bits per heavy atom.